The van der Waals surface area contributed by atoms with Crippen LogP contribution in [0.15, 0.2) is 36.4 Å². The summed E-state index contributed by atoms with van der Waals surface area (Å²) in [5.74, 6) is 0.962. The number of rotatable bonds is 6. The molecule has 2 N–H and O–H groups in total. The third kappa shape index (κ3) is 3.83. The highest BCUT2D eigenvalue weighted by atomic mass is 16.7. The van der Waals surface area contributed by atoms with Crippen molar-refractivity contribution in [2.75, 3.05) is 21.3 Å². The molecule has 1 aliphatic carbocycles. The van der Waals surface area contributed by atoms with Gasteiger partial charge in [-0.3, -0.25) is 0 Å². The topological polar surface area (TPSA) is 86.3 Å². The fraction of sp³-hybridized carbons (Fsp3) is 0.286. The first-order chi connectivity index (χ1) is 13.5. The molecule has 1 atom stereocenters. The second-order valence-corrected chi connectivity index (χ2v) is 6.51. The Bertz CT molecular complexity index is 896. The van der Waals surface area contributed by atoms with E-state index in [1.807, 2.05) is 6.08 Å². The van der Waals surface area contributed by atoms with Gasteiger partial charge in [-0.05, 0) is 48.2 Å². The number of phenols is 1. The standard InChI is InChI=1S/C21H23NO6/c1-12-7-13-9-15(23)5-6-16(13)17(8-12)22-28-21(24)14-10-18(25-2)20(27-4)19(11-14)26-3/h5-6,8-12,22-23H,7H2,1-4H3. The molecule has 0 aliphatic heterocycles. The Morgan fingerprint density at radius 1 is 1.07 bits per heavy atom. The van der Waals surface area contributed by atoms with E-state index in [1.165, 1.54) is 33.5 Å². The van der Waals surface area contributed by atoms with Crippen molar-refractivity contribution in [3.8, 4) is 23.0 Å². The van der Waals surface area contributed by atoms with Gasteiger partial charge in [0, 0.05) is 5.56 Å². The number of fused-ring (bicyclic) bond motifs is 1. The summed E-state index contributed by atoms with van der Waals surface area (Å²) in [6.07, 6.45) is 2.79. The third-order valence-electron chi connectivity index (χ3n) is 4.53. The predicted octanol–water partition coefficient (Wildman–Crippen LogP) is 3.31. The van der Waals surface area contributed by atoms with Crippen molar-refractivity contribution in [2.24, 2.45) is 5.92 Å². The van der Waals surface area contributed by atoms with Gasteiger partial charge in [-0.15, -0.1) is 0 Å². The van der Waals surface area contributed by atoms with Crippen LogP contribution >= 0.6 is 0 Å². The molecule has 7 heteroatoms. The maximum Gasteiger partial charge on any atom is 0.363 e. The summed E-state index contributed by atoms with van der Waals surface area (Å²) in [6, 6.07) is 8.17. The molecule has 1 aliphatic rings. The Balaban J connectivity index is 1.81. The number of nitrogens with one attached hydrogen (secondary N) is 1. The van der Waals surface area contributed by atoms with E-state index in [2.05, 4.69) is 12.4 Å². The van der Waals surface area contributed by atoms with Gasteiger partial charge in [-0.1, -0.05) is 13.0 Å². The van der Waals surface area contributed by atoms with Crippen LogP contribution in [0.2, 0.25) is 0 Å². The van der Waals surface area contributed by atoms with E-state index in [0.717, 1.165) is 17.5 Å². The lowest BCUT2D eigenvalue weighted by atomic mass is 9.88. The molecule has 3 rings (SSSR count). The second-order valence-electron chi connectivity index (χ2n) is 6.51. The maximum atomic E-state index is 12.6. The van der Waals surface area contributed by atoms with Crippen LogP contribution in [0.25, 0.3) is 5.70 Å². The van der Waals surface area contributed by atoms with Crippen molar-refractivity contribution >= 4 is 11.7 Å². The van der Waals surface area contributed by atoms with E-state index in [9.17, 15) is 9.90 Å². The summed E-state index contributed by atoms with van der Waals surface area (Å²) >= 11 is 0. The molecule has 0 amide bonds. The largest absolute Gasteiger partial charge is 0.508 e. The lowest BCUT2D eigenvalue weighted by molar-refractivity contribution is 0.0366. The van der Waals surface area contributed by atoms with Gasteiger partial charge in [0.25, 0.3) is 0 Å². The smallest absolute Gasteiger partial charge is 0.363 e. The molecule has 2 aromatic carbocycles. The van der Waals surface area contributed by atoms with E-state index >= 15 is 0 Å². The fourth-order valence-electron chi connectivity index (χ4n) is 3.24. The van der Waals surface area contributed by atoms with E-state index in [1.54, 1.807) is 18.2 Å². The molecule has 0 fully saturated rings. The zero-order valence-electron chi connectivity index (χ0n) is 16.2. The Kier molecular flexibility index (Phi) is 5.63. The van der Waals surface area contributed by atoms with Crippen LogP contribution < -0.4 is 19.7 Å². The number of hydrogen-bond donors (Lipinski definition) is 2. The molecule has 0 spiro atoms. The van der Waals surface area contributed by atoms with E-state index in [0.29, 0.717) is 22.9 Å². The summed E-state index contributed by atoms with van der Waals surface area (Å²) in [6.45, 7) is 2.05. The molecular formula is C21H23NO6. The van der Waals surface area contributed by atoms with Crippen molar-refractivity contribution in [1.82, 2.24) is 5.48 Å². The summed E-state index contributed by atoms with van der Waals surface area (Å²) < 4.78 is 15.8. The van der Waals surface area contributed by atoms with E-state index in [-0.39, 0.29) is 17.2 Å². The van der Waals surface area contributed by atoms with Crippen molar-refractivity contribution in [1.29, 1.82) is 0 Å². The summed E-state index contributed by atoms with van der Waals surface area (Å²) in [5, 5.41) is 9.71. The van der Waals surface area contributed by atoms with Crippen molar-refractivity contribution in [2.45, 2.75) is 13.3 Å². The molecule has 0 saturated carbocycles. The summed E-state index contributed by atoms with van der Waals surface area (Å²) in [4.78, 5) is 17.9. The lowest BCUT2D eigenvalue weighted by Gasteiger charge is -2.22. The molecule has 1 unspecified atom stereocenters. The number of allylic oxidation sites excluding steroid dienone is 1. The lowest BCUT2D eigenvalue weighted by Crippen LogP contribution is -2.22. The number of carbonyl (C=O) groups is 1. The number of ether oxygens (including phenoxy) is 3. The number of aromatic hydroxyl groups is 1. The van der Waals surface area contributed by atoms with Gasteiger partial charge in [0.1, 0.15) is 5.75 Å². The van der Waals surface area contributed by atoms with Crippen LogP contribution in [0.5, 0.6) is 23.0 Å². The molecule has 0 aromatic heterocycles. The summed E-state index contributed by atoms with van der Waals surface area (Å²) in [7, 11) is 4.45. The van der Waals surface area contributed by atoms with Crippen LogP contribution in [0.3, 0.4) is 0 Å². The predicted molar refractivity (Wildman–Crippen MR) is 104 cm³/mol. The minimum Gasteiger partial charge on any atom is -0.508 e. The Morgan fingerprint density at radius 3 is 2.36 bits per heavy atom. The van der Waals surface area contributed by atoms with Crippen LogP contribution in [0.4, 0.5) is 0 Å². The molecule has 7 nitrogen and oxygen atoms in total. The van der Waals surface area contributed by atoms with Gasteiger partial charge in [0.05, 0.1) is 32.6 Å². The third-order valence-corrected chi connectivity index (χ3v) is 4.53. The minimum atomic E-state index is -0.598. The SMILES string of the molecule is COc1cc(C(=O)ONC2=CC(C)Cc3cc(O)ccc32)cc(OC)c1OC. The van der Waals surface area contributed by atoms with Crippen LogP contribution in [-0.4, -0.2) is 32.4 Å². The molecule has 148 valence electrons. The summed E-state index contributed by atoms with van der Waals surface area (Å²) in [5.41, 5.74) is 5.54. The minimum absolute atomic E-state index is 0.210. The van der Waals surface area contributed by atoms with Crippen molar-refractivity contribution in [3.63, 3.8) is 0 Å². The highest BCUT2D eigenvalue weighted by Crippen LogP contribution is 2.38. The van der Waals surface area contributed by atoms with Crippen molar-refractivity contribution in [3.05, 3.63) is 53.1 Å². The first-order valence-corrected chi connectivity index (χ1v) is 8.78. The second kappa shape index (κ2) is 8.12. The van der Waals surface area contributed by atoms with Crippen LogP contribution in [0, 0.1) is 5.92 Å². The molecule has 0 heterocycles. The zero-order chi connectivity index (χ0) is 20.3. The van der Waals surface area contributed by atoms with E-state index < -0.39 is 5.97 Å². The molecular weight excluding hydrogens is 362 g/mol. The quantitative estimate of drug-likeness (QED) is 0.738. The van der Waals surface area contributed by atoms with Crippen LogP contribution in [0.1, 0.15) is 28.4 Å². The molecule has 0 saturated heterocycles. The number of hydrogen-bond acceptors (Lipinski definition) is 7. The number of phenolic OH excluding ortho intramolecular Hbond substituents is 1. The Hall–Kier alpha value is -3.35. The van der Waals surface area contributed by atoms with Crippen LogP contribution in [-0.2, 0) is 11.3 Å². The van der Waals surface area contributed by atoms with Gasteiger partial charge >= 0.3 is 5.97 Å². The van der Waals surface area contributed by atoms with Crippen molar-refractivity contribution < 1.29 is 28.9 Å². The highest BCUT2D eigenvalue weighted by Gasteiger charge is 2.21. The average molecular weight is 385 g/mol. The first-order valence-electron chi connectivity index (χ1n) is 8.78. The molecule has 2 aromatic rings. The van der Waals surface area contributed by atoms with Gasteiger partial charge in [-0.25, -0.2) is 10.3 Å². The average Bonchev–Trinajstić information content (AvgIpc) is 2.69. The first kappa shape index (κ1) is 19.4. The zero-order valence-corrected chi connectivity index (χ0v) is 16.2. The number of benzene rings is 2. The maximum absolute atomic E-state index is 12.6. The molecule has 28 heavy (non-hydrogen) atoms. The van der Waals surface area contributed by atoms with Gasteiger partial charge < -0.3 is 24.2 Å². The molecule has 0 radical (unpaired) electrons. The van der Waals surface area contributed by atoms with E-state index in [4.69, 9.17) is 19.0 Å². The van der Waals surface area contributed by atoms with Gasteiger partial charge in [0.2, 0.25) is 5.75 Å². The monoisotopic (exact) mass is 385 g/mol. The van der Waals surface area contributed by atoms with Gasteiger partial charge in [-0.2, -0.15) is 0 Å². The van der Waals surface area contributed by atoms with Gasteiger partial charge in [0.15, 0.2) is 11.5 Å². The fourth-order valence-corrected chi connectivity index (χ4v) is 3.24. The normalized spacial score (nSPS) is 15.1. The number of hydroxylamine groups is 1. The number of carbonyl (C=O) groups excluding carboxylic acids is 1. The Labute approximate surface area is 163 Å². The Morgan fingerprint density at radius 2 is 1.75 bits per heavy atom. The molecule has 0 bridgehead atoms. The number of methoxy groups -OCH3 is 3. The highest BCUT2D eigenvalue weighted by molar-refractivity contribution is 5.91.